The Bertz CT molecular complexity index is 797. The van der Waals surface area contributed by atoms with Crippen molar-refractivity contribution < 1.29 is 22.7 Å². The highest BCUT2D eigenvalue weighted by Crippen LogP contribution is 2.21. The van der Waals surface area contributed by atoms with Gasteiger partial charge in [-0.15, -0.1) is 0 Å². The molecule has 9 heteroatoms. The van der Waals surface area contributed by atoms with E-state index >= 15 is 0 Å². The van der Waals surface area contributed by atoms with Crippen LogP contribution in [0.15, 0.2) is 29.2 Å². The number of nitrogens with one attached hydrogen (secondary N) is 1. The molecule has 1 aromatic rings. The lowest BCUT2D eigenvalue weighted by molar-refractivity contribution is -0.161. The van der Waals surface area contributed by atoms with Gasteiger partial charge in [0.25, 0.3) is 5.91 Å². The van der Waals surface area contributed by atoms with Crippen molar-refractivity contribution >= 4 is 33.5 Å². The molecule has 0 radical (unpaired) electrons. The van der Waals surface area contributed by atoms with E-state index in [2.05, 4.69) is 4.72 Å². The summed E-state index contributed by atoms with van der Waals surface area (Å²) in [5.74, 6) is -1.05. The largest absolute Gasteiger partial charge is 0.451 e. The van der Waals surface area contributed by atoms with Crippen LogP contribution in [0.25, 0.3) is 0 Å². The first-order valence-electron chi connectivity index (χ1n) is 9.44. The molecule has 2 rings (SSSR count). The molecule has 28 heavy (non-hydrogen) atoms. The molecule has 156 valence electrons. The summed E-state index contributed by atoms with van der Waals surface area (Å²) in [7, 11) is -3.92. The van der Waals surface area contributed by atoms with Crippen LogP contribution in [-0.2, 0) is 24.3 Å². The highest BCUT2D eigenvalue weighted by atomic mass is 35.5. The van der Waals surface area contributed by atoms with Crippen LogP contribution in [-0.4, -0.2) is 49.9 Å². The lowest BCUT2D eigenvalue weighted by Gasteiger charge is -2.36. The number of piperidine rings is 1. The molecule has 0 aliphatic carbocycles. The van der Waals surface area contributed by atoms with Gasteiger partial charge in [-0.1, -0.05) is 18.5 Å². The Kier molecular flexibility index (Phi) is 7.86. The van der Waals surface area contributed by atoms with Crippen LogP contribution in [0.5, 0.6) is 0 Å². The number of carbonyl (C=O) groups is 2. The maximum absolute atomic E-state index is 12.7. The number of likely N-dealkylation sites (tertiary alicyclic amines) is 1. The first kappa shape index (κ1) is 22.6. The van der Waals surface area contributed by atoms with Crippen LogP contribution in [0.4, 0.5) is 0 Å². The van der Waals surface area contributed by atoms with Gasteiger partial charge >= 0.3 is 5.97 Å². The average Bonchev–Trinajstić information content (AvgIpc) is 2.67. The van der Waals surface area contributed by atoms with Crippen molar-refractivity contribution in [1.82, 2.24) is 9.62 Å². The van der Waals surface area contributed by atoms with Crippen molar-refractivity contribution in [2.75, 3.05) is 6.54 Å². The van der Waals surface area contributed by atoms with E-state index in [0.717, 1.165) is 25.7 Å². The molecule has 3 atom stereocenters. The van der Waals surface area contributed by atoms with Crippen LogP contribution in [0.2, 0.25) is 5.02 Å². The minimum atomic E-state index is -3.92. The highest BCUT2D eigenvalue weighted by Gasteiger charge is 2.32. The Balaban J connectivity index is 1.97. The van der Waals surface area contributed by atoms with Crippen molar-refractivity contribution in [3.8, 4) is 0 Å². The average molecular weight is 431 g/mol. The van der Waals surface area contributed by atoms with Gasteiger partial charge in [0.15, 0.2) is 6.10 Å². The Morgan fingerprint density at radius 3 is 2.50 bits per heavy atom. The predicted octanol–water partition coefficient (Wildman–Crippen LogP) is 2.73. The van der Waals surface area contributed by atoms with Crippen LogP contribution in [0, 0.1) is 0 Å². The van der Waals surface area contributed by atoms with E-state index in [-0.39, 0.29) is 16.8 Å². The van der Waals surface area contributed by atoms with Gasteiger partial charge in [0.2, 0.25) is 10.0 Å². The molecule has 0 aromatic heterocycles. The third-order valence-corrected chi connectivity index (χ3v) is 6.64. The molecule has 1 saturated heterocycles. The smallest absolute Gasteiger partial charge is 0.324 e. The highest BCUT2D eigenvalue weighted by molar-refractivity contribution is 7.89. The molecule has 1 N–H and O–H groups in total. The molecule has 0 bridgehead atoms. The summed E-state index contributed by atoms with van der Waals surface area (Å²) in [6, 6.07) is 4.60. The molecule has 2 unspecified atom stereocenters. The Hall–Kier alpha value is -1.64. The topological polar surface area (TPSA) is 92.8 Å². The van der Waals surface area contributed by atoms with Crippen molar-refractivity contribution in [2.24, 2.45) is 0 Å². The molecular formula is C19H27ClN2O5S. The van der Waals surface area contributed by atoms with Gasteiger partial charge in [-0.25, -0.2) is 8.42 Å². The molecule has 1 heterocycles. The van der Waals surface area contributed by atoms with Gasteiger partial charge in [-0.05, 0) is 63.8 Å². The fourth-order valence-electron chi connectivity index (χ4n) is 3.24. The number of hydrogen-bond acceptors (Lipinski definition) is 5. The number of rotatable bonds is 7. The quantitative estimate of drug-likeness (QED) is 0.671. The fourth-order valence-corrected chi connectivity index (χ4v) is 4.56. The second-order valence-corrected chi connectivity index (χ2v) is 9.12. The molecule has 1 fully saturated rings. The molecular weight excluding hydrogens is 404 g/mol. The summed E-state index contributed by atoms with van der Waals surface area (Å²) in [4.78, 5) is 26.7. The minimum absolute atomic E-state index is 0.0141. The van der Waals surface area contributed by atoms with E-state index < -0.39 is 28.1 Å². The summed E-state index contributed by atoms with van der Waals surface area (Å²) >= 11 is 5.76. The number of nitrogens with zero attached hydrogens (tertiary/aromatic N) is 1. The SMILES string of the molecule is CCC1CCCCN1C(=O)C(C)OC(=O)[C@H](C)NS(=O)(=O)c1ccc(Cl)cc1. The van der Waals surface area contributed by atoms with Gasteiger partial charge in [0, 0.05) is 17.6 Å². The van der Waals surface area contributed by atoms with E-state index in [0.29, 0.717) is 11.6 Å². The van der Waals surface area contributed by atoms with E-state index in [9.17, 15) is 18.0 Å². The third-order valence-electron chi connectivity index (χ3n) is 4.83. The molecule has 0 saturated carbocycles. The Morgan fingerprint density at radius 1 is 1.25 bits per heavy atom. The van der Waals surface area contributed by atoms with E-state index in [1.165, 1.54) is 38.1 Å². The molecule has 1 aromatic carbocycles. The molecule has 7 nitrogen and oxygen atoms in total. The summed E-state index contributed by atoms with van der Waals surface area (Å²) in [6.45, 7) is 5.57. The van der Waals surface area contributed by atoms with Gasteiger partial charge in [-0.2, -0.15) is 4.72 Å². The summed E-state index contributed by atoms with van der Waals surface area (Å²) in [5.41, 5.74) is 0. The number of ether oxygens (including phenoxy) is 1. The monoisotopic (exact) mass is 430 g/mol. The lowest BCUT2D eigenvalue weighted by Crippen LogP contribution is -2.49. The molecule has 0 spiro atoms. The number of benzene rings is 1. The van der Waals surface area contributed by atoms with Gasteiger partial charge < -0.3 is 9.64 Å². The van der Waals surface area contributed by atoms with Crippen LogP contribution >= 0.6 is 11.6 Å². The van der Waals surface area contributed by atoms with Crippen LogP contribution < -0.4 is 4.72 Å². The van der Waals surface area contributed by atoms with E-state index in [1.807, 2.05) is 6.92 Å². The minimum Gasteiger partial charge on any atom is -0.451 e. The van der Waals surface area contributed by atoms with E-state index in [1.54, 1.807) is 4.90 Å². The molecule has 1 amide bonds. The van der Waals surface area contributed by atoms with Crippen LogP contribution in [0.3, 0.4) is 0 Å². The second-order valence-electron chi connectivity index (χ2n) is 6.97. The Morgan fingerprint density at radius 2 is 1.89 bits per heavy atom. The van der Waals surface area contributed by atoms with Crippen molar-refractivity contribution in [1.29, 1.82) is 0 Å². The number of amides is 1. The van der Waals surface area contributed by atoms with Crippen molar-refractivity contribution in [2.45, 2.75) is 69.5 Å². The van der Waals surface area contributed by atoms with Gasteiger partial charge in [-0.3, -0.25) is 9.59 Å². The van der Waals surface area contributed by atoms with Crippen molar-refractivity contribution in [3.05, 3.63) is 29.3 Å². The maximum atomic E-state index is 12.7. The Labute approximate surface area is 171 Å². The third kappa shape index (κ3) is 5.68. The maximum Gasteiger partial charge on any atom is 0.324 e. The van der Waals surface area contributed by atoms with Crippen LogP contribution in [0.1, 0.15) is 46.5 Å². The number of carbonyl (C=O) groups excluding carboxylic acids is 2. The van der Waals surface area contributed by atoms with Crippen molar-refractivity contribution in [3.63, 3.8) is 0 Å². The second kappa shape index (κ2) is 9.71. The predicted molar refractivity (Wildman–Crippen MR) is 106 cm³/mol. The normalized spacial score (nSPS) is 19.7. The zero-order valence-electron chi connectivity index (χ0n) is 16.4. The van der Waals surface area contributed by atoms with Gasteiger partial charge in [0.05, 0.1) is 4.90 Å². The summed E-state index contributed by atoms with van der Waals surface area (Å²) < 4.78 is 32.2. The number of sulfonamides is 1. The first-order chi connectivity index (χ1) is 13.2. The number of hydrogen-bond donors (Lipinski definition) is 1. The fraction of sp³-hybridized carbons (Fsp3) is 0.579. The molecule has 1 aliphatic rings. The standard InChI is InChI=1S/C19H27ClN2O5S/c1-4-16-7-5-6-12-22(16)18(23)14(3)27-19(24)13(2)21-28(25,26)17-10-8-15(20)9-11-17/h8-11,13-14,16,21H,4-7,12H2,1-3H3/t13-,14?,16?/m0/s1. The molecule has 1 aliphatic heterocycles. The first-order valence-corrected chi connectivity index (χ1v) is 11.3. The van der Waals surface area contributed by atoms with Gasteiger partial charge in [0.1, 0.15) is 6.04 Å². The zero-order chi connectivity index (χ0) is 20.9. The van der Waals surface area contributed by atoms with E-state index in [4.69, 9.17) is 16.3 Å². The number of esters is 1. The summed E-state index contributed by atoms with van der Waals surface area (Å²) in [6.07, 6.45) is 2.84. The lowest BCUT2D eigenvalue weighted by atomic mass is 9.99. The zero-order valence-corrected chi connectivity index (χ0v) is 17.9. The number of halogens is 1. The summed E-state index contributed by atoms with van der Waals surface area (Å²) in [5, 5.41) is 0.404.